The topological polar surface area (TPSA) is 83.7 Å². The van der Waals surface area contributed by atoms with Crippen molar-refractivity contribution in [3.05, 3.63) is 40.2 Å². The lowest BCUT2D eigenvalue weighted by Crippen LogP contribution is -2.41. The monoisotopic (exact) mass is 331 g/mol. The zero-order valence-corrected chi connectivity index (χ0v) is 13.6. The van der Waals surface area contributed by atoms with Crippen LogP contribution in [-0.2, 0) is 4.74 Å². The first-order chi connectivity index (χ1) is 11.7. The van der Waals surface area contributed by atoms with Crippen LogP contribution in [0.5, 0.6) is 5.75 Å². The highest BCUT2D eigenvalue weighted by Gasteiger charge is 2.12. The summed E-state index contributed by atoms with van der Waals surface area (Å²) in [6.45, 7) is 4.52. The van der Waals surface area contributed by atoms with Gasteiger partial charge in [0.2, 0.25) is 0 Å². The zero-order chi connectivity index (χ0) is 16.9. The van der Waals surface area contributed by atoms with E-state index in [9.17, 15) is 9.59 Å². The summed E-state index contributed by atoms with van der Waals surface area (Å²) < 4.78 is 10.4. The number of benzene rings is 1. The van der Waals surface area contributed by atoms with Crippen LogP contribution in [0.25, 0.3) is 10.9 Å². The predicted octanol–water partition coefficient (Wildman–Crippen LogP) is 0.599. The number of aromatic nitrogens is 1. The summed E-state index contributed by atoms with van der Waals surface area (Å²) in [6.07, 6.45) is 0. The van der Waals surface area contributed by atoms with Gasteiger partial charge in [-0.1, -0.05) is 0 Å². The number of nitrogens with zero attached hydrogens (tertiary/aromatic N) is 1. The summed E-state index contributed by atoms with van der Waals surface area (Å²) in [5.74, 6) is 0.328. The Kier molecular flexibility index (Phi) is 5.12. The fraction of sp³-hybridized carbons (Fsp3) is 0.412. The number of amides is 1. The van der Waals surface area contributed by atoms with Crippen molar-refractivity contribution in [3.63, 3.8) is 0 Å². The Balaban J connectivity index is 1.67. The second-order valence-electron chi connectivity index (χ2n) is 5.67. The maximum atomic E-state index is 12.3. The molecule has 1 aromatic heterocycles. The fourth-order valence-corrected chi connectivity index (χ4v) is 2.72. The van der Waals surface area contributed by atoms with Crippen LogP contribution in [0.2, 0.25) is 0 Å². The number of rotatable bonds is 5. The van der Waals surface area contributed by atoms with E-state index < -0.39 is 0 Å². The number of morpholine rings is 1. The number of aromatic amines is 1. The predicted molar refractivity (Wildman–Crippen MR) is 90.7 cm³/mol. The number of hydrogen-bond acceptors (Lipinski definition) is 5. The number of ether oxygens (including phenoxy) is 2. The molecule has 2 N–H and O–H groups in total. The number of nitrogens with one attached hydrogen (secondary N) is 2. The molecule has 2 aromatic rings. The summed E-state index contributed by atoms with van der Waals surface area (Å²) in [6, 6.07) is 6.47. The SMILES string of the molecule is COc1ccc2[nH]c(C(=O)NCCN3CCOCC3)cc(=O)c2c1. The molecule has 1 aliphatic rings. The summed E-state index contributed by atoms with van der Waals surface area (Å²) in [5, 5.41) is 3.34. The molecule has 24 heavy (non-hydrogen) atoms. The average Bonchev–Trinajstić information content (AvgIpc) is 2.62. The molecule has 0 radical (unpaired) electrons. The fourth-order valence-electron chi connectivity index (χ4n) is 2.72. The lowest BCUT2D eigenvalue weighted by Gasteiger charge is -2.26. The lowest BCUT2D eigenvalue weighted by molar-refractivity contribution is 0.0383. The Bertz CT molecular complexity index is 781. The summed E-state index contributed by atoms with van der Waals surface area (Å²) in [7, 11) is 1.55. The molecule has 1 saturated heterocycles. The van der Waals surface area contributed by atoms with E-state index >= 15 is 0 Å². The molecule has 3 rings (SSSR count). The van der Waals surface area contributed by atoms with Crippen molar-refractivity contribution in [3.8, 4) is 5.75 Å². The molecule has 2 heterocycles. The van der Waals surface area contributed by atoms with Crippen LogP contribution in [0.15, 0.2) is 29.1 Å². The van der Waals surface area contributed by atoms with E-state index in [-0.39, 0.29) is 17.0 Å². The van der Waals surface area contributed by atoms with Crippen LogP contribution >= 0.6 is 0 Å². The van der Waals surface area contributed by atoms with Gasteiger partial charge in [-0.15, -0.1) is 0 Å². The molecular formula is C17H21N3O4. The highest BCUT2D eigenvalue weighted by molar-refractivity contribution is 5.95. The van der Waals surface area contributed by atoms with E-state index in [0.29, 0.717) is 23.2 Å². The van der Waals surface area contributed by atoms with Gasteiger partial charge in [0.1, 0.15) is 11.4 Å². The number of H-pyrrole nitrogens is 1. The first-order valence-electron chi connectivity index (χ1n) is 7.97. The number of carbonyl (C=O) groups is 1. The molecule has 0 unspecified atom stereocenters. The second-order valence-corrected chi connectivity index (χ2v) is 5.67. The molecule has 0 spiro atoms. The summed E-state index contributed by atoms with van der Waals surface area (Å²) in [5.41, 5.74) is 0.669. The minimum Gasteiger partial charge on any atom is -0.497 e. The van der Waals surface area contributed by atoms with Crippen molar-refractivity contribution in [1.29, 1.82) is 0 Å². The molecule has 0 bridgehead atoms. The lowest BCUT2D eigenvalue weighted by atomic mass is 10.2. The summed E-state index contributed by atoms with van der Waals surface area (Å²) >= 11 is 0. The standard InChI is InChI=1S/C17H21N3O4/c1-23-12-2-3-14-13(10-12)16(21)11-15(19-14)17(22)18-4-5-20-6-8-24-9-7-20/h2-3,10-11H,4-9H2,1H3,(H,18,22)(H,19,21). The van der Waals surface area contributed by atoms with Crippen molar-refractivity contribution in [2.45, 2.75) is 0 Å². The third kappa shape index (κ3) is 3.74. The van der Waals surface area contributed by atoms with Gasteiger partial charge in [0.15, 0.2) is 5.43 Å². The minimum absolute atomic E-state index is 0.207. The minimum atomic E-state index is -0.280. The zero-order valence-electron chi connectivity index (χ0n) is 13.6. The first-order valence-corrected chi connectivity index (χ1v) is 7.97. The van der Waals surface area contributed by atoms with Crippen LogP contribution in [0.1, 0.15) is 10.5 Å². The van der Waals surface area contributed by atoms with Gasteiger partial charge < -0.3 is 19.8 Å². The highest BCUT2D eigenvalue weighted by Crippen LogP contribution is 2.16. The number of methoxy groups -OCH3 is 1. The van der Waals surface area contributed by atoms with Crippen molar-refractivity contribution in [2.24, 2.45) is 0 Å². The van der Waals surface area contributed by atoms with Gasteiger partial charge in [-0.25, -0.2) is 0 Å². The smallest absolute Gasteiger partial charge is 0.267 e. The third-order valence-electron chi connectivity index (χ3n) is 4.10. The number of hydrogen-bond donors (Lipinski definition) is 2. The molecule has 0 saturated carbocycles. The van der Waals surface area contributed by atoms with Crippen LogP contribution in [0.3, 0.4) is 0 Å². The van der Waals surface area contributed by atoms with Crippen LogP contribution < -0.4 is 15.5 Å². The molecule has 7 nitrogen and oxygen atoms in total. The van der Waals surface area contributed by atoms with Crippen molar-refractivity contribution in [2.75, 3.05) is 46.5 Å². The van der Waals surface area contributed by atoms with Crippen LogP contribution in [-0.4, -0.2) is 62.3 Å². The maximum Gasteiger partial charge on any atom is 0.267 e. The first kappa shape index (κ1) is 16.5. The number of pyridine rings is 1. The van der Waals surface area contributed by atoms with E-state index in [2.05, 4.69) is 15.2 Å². The molecule has 0 atom stereocenters. The van der Waals surface area contributed by atoms with Gasteiger partial charge in [-0.05, 0) is 18.2 Å². The molecule has 1 aromatic carbocycles. The van der Waals surface area contributed by atoms with Gasteiger partial charge in [0.05, 0.1) is 25.8 Å². The van der Waals surface area contributed by atoms with Gasteiger partial charge in [-0.2, -0.15) is 0 Å². The van der Waals surface area contributed by atoms with E-state index in [1.54, 1.807) is 25.3 Å². The van der Waals surface area contributed by atoms with Crippen molar-refractivity contribution in [1.82, 2.24) is 15.2 Å². The molecule has 128 valence electrons. The van der Waals surface area contributed by atoms with E-state index in [1.165, 1.54) is 6.07 Å². The van der Waals surface area contributed by atoms with Crippen LogP contribution in [0.4, 0.5) is 0 Å². The van der Waals surface area contributed by atoms with Gasteiger partial charge in [0, 0.05) is 37.6 Å². The average molecular weight is 331 g/mol. The Morgan fingerprint density at radius 1 is 1.33 bits per heavy atom. The molecule has 1 aliphatic heterocycles. The largest absolute Gasteiger partial charge is 0.497 e. The Labute approximate surface area is 139 Å². The second kappa shape index (κ2) is 7.46. The number of fused-ring (bicyclic) bond motifs is 1. The third-order valence-corrected chi connectivity index (χ3v) is 4.10. The molecule has 7 heteroatoms. The van der Waals surface area contributed by atoms with Gasteiger partial charge >= 0.3 is 0 Å². The van der Waals surface area contributed by atoms with Crippen molar-refractivity contribution >= 4 is 16.8 Å². The molecule has 1 fully saturated rings. The quantitative estimate of drug-likeness (QED) is 0.838. The molecule has 1 amide bonds. The van der Waals surface area contributed by atoms with Gasteiger partial charge in [0.25, 0.3) is 5.91 Å². The molecular weight excluding hydrogens is 310 g/mol. The maximum absolute atomic E-state index is 12.3. The highest BCUT2D eigenvalue weighted by atomic mass is 16.5. The van der Waals surface area contributed by atoms with Crippen LogP contribution in [0, 0.1) is 0 Å². The van der Waals surface area contributed by atoms with Crippen molar-refractivity contribution < 1.29 is 14.3 Å². The van der Waals surface area contributed by atoms with E-state index in [4.69, 9.17) is 9.47 Å². The Morgan fingerprint density at radius 2 is 2.12 bits per heavy atom. The molecule has 0 aliphatic carbocycles. The summed E-state index contributed by atoms with van der Waals surface area (Å²) in [4.78, 5) is 29.7. The normalized spacial score (nSPS) is 15.4. The Hall–Kier alpha value is -2.38. The number of carbonyl (C=O) groups excluding carboxylic acids is 1. The Morgan fingerprint density at radius 3 is 2.88 bits per heavy atom. The van der Waals surface area contributed by atoms with Gasteiger partial charge in [-0.3, -0.25) is 14.5 Å². The van der Waals surface area contributed by atoms with E-state index in [0.717, 1.165) is 32.8 Å². The van der Waals surface area contributed by atoms with E-state index in [1.807, 2.05) is 0 Å².